The van der Waals surface area contributed by atoms with E-state index in [0.29, 0.717) is 36.0 Å². The summed E-state index contributed by atoms with van der Waals surface area (Å²) < 4.78 is 12.8. The van der Waals surface area contributed by atoms with Crippen LogP contribution in [0, 0.1) is 11.8 Å². The quantitative estimate of drug-likeness (QED) is 0.624. The van der Waals surface area contributed by atoms with Crippen molar-refractivity contribution in [3.63, 3.8) is 0 Å². The van der Waals surface area contributed by atoms with Gasteiger partial charge in [-0.1, -0.05) is 30.7 Å². The first-order valence-electron chi connectivity index (χ1n) is 12.0. The number of allylic oxidation sites excluding steroid dienone is 2. The third-order valence-electron chi connectivity index (χ3n) is 7.09. The molecule has 4 unspecified atom stereocenters. The number of methoxy groups -OCH3 is 1. The molecule has 4 heterocycles. The number of likely N-dealkylation sites (tertiary alicyclic amines) is 1. The van der Waals surface area contributed by atoms with E-state index in [1.54, 1.807) is 35.2 Å². The van der Waals surface area contributed by atoms with Gasteiger partial charge in [0.1, 0.15) is 11.5 Å². The van der Waals surface area contributed by atoms with E-state index in [0.717, 1.165) is 12.1 Å². The molecule has 9 heteroatoms. The van der Waals surface area contributed by atoms with E-state index in [4.69, 9.17) is 20.8 Å². The molecule has 2 aliphatic heterocycles. The number of nitrogens with zero attached hydrogens (tertiary/aromatic N) is 2. The number of hydrogen-bond acceptors (Lipinski definition) is 5. The molecular weight excluding hydrogens is 482 g/mol. The van der Waals surface area contributed by atoms with E-state index in [1.807, 2.05) is 23.6 Å². The van der Waals surface area contributed by atoms with Crippen LogP contribution in [0.3, 0.4) is 0 Å². The second-order valence-electron chi connectivity index (χ2n) is 9.60. The van der Waals surface area contributed by atoms with Crippen LogP contribution in [0.4, 0.5) is 0 Å². The van der Waals surface area contributed by atoms with Crippen molar-refractivity contribution < 1.29 is 18.7 Å². The van der Waals surface area contributed by atoms with E-state index in [2.05, 4.69) is 5.32 Å². The number of hydrogen-bond donors (Lipinski definition) is 1. The first-order valence-corrected chi connectivity index (χ1v) is 12.4. The van der Waals surface area contributed by atoms with Gasteiger partial charge in [-0.15, -0.1) is 0 Å². The Morgan fingerprint density at radius 2 is 2.03 bits per heavy atom. The lowest BCUT2D eigenvalue weighted by atomic mass is 9.83. The van der Waals surface area contributed by atoms with Crippen LogP contribution in [0.15, 0.2) is 74.3 Å². The second kappa shape index (κ2) is 9.95. The molecule has 2 amide bonds. The lowest BCUT2D eigenvalue weighted by Gasteiger charge is -2.43. The molecular formula is C27H28ClN3O5. The summed E-state index contributed by atoms with van der Waals surface area (Å²) in [6.45, 7) is 3.44. The first kappa shape index (κ1) is 24.3. The summed E-state index contributed by atoms with van der Waals surface area (Å²) in [4.78, 5) is 41.2. The number of piperidine rings is 1. The normalized spacial score (nSPS) is 25.5. The fourth-order valence-electron chi connectivity index (χ4n) is 5.53. The summed E-state index contributed by atoms with van der Waals surface area (Å²) in [7, 11) is 1.54. The summed E-state index contributed by atoms with van der Waals surface area (Å²) in [6.07, 6.45) is 6.87. The molecule has 3 aliphatic rings. The van der Waals surface area contributed by atoms with Crippen LogP contribution in [0.2, 0.25) is 0 Å². The number of ether oxygens (including phenoxy) is 1. The molecule has 36 heavy (non-hydrogen) atoms. The van der Waals surface area contributed by atoms with Gasteiger partial charge in [0.25, 0.3) is 17.4 Å². The van der Waals surface area contributed by atoms with E-state index in [1.165, 1.54) is 19.4 Å². The Morgan fingerprint density at radius 1 is 1.19 bits per heavy atom. The van der Waals surface area contributed by atoms with E-state index >= 15 is 0 Å². The number of furan rings is 1. The molecule has 5 rings (SSSR count). The Bertz CT molecular complexity index is 1320. The molecule has 1 saturated heterocycles. The van der Waals surface area contributed by atoms with Crippen molar-refractivity contribution in [2.24, 2.45) is 11.8 Å². The minimum Gasteiger partial charge on any atom is -0.465 e. The molecule has 1 N–H and O–H groups in total. The van der Waals surface area contributed by atoms with Gasteiger partial charge in [-0.3, -0.25) is 14.4 Å². The molecule has 8 nitrogen and oxygen atoms in total. The van der Waals surface area contributed by atoms with Crippen LogP contribution in [-0.4, -0.2) is 47.6 Å². The van der Waals surface area contributed by atoms with E-state index in [-0.39, 0.29) is 34.9 Å². The van der Waals surface area contributed by atoms with Crippen molar-refractivity contribution in [3.8, 4) is 0 Å². The van der Waals surface area contributed by atoms with Gasteiger partial charge in [-0.2, -0.15) is 0 Å². The van der Waals surface area contributed by atoms with Gasteiger partial charge in [0.2, 0.25) is 0 Å². The highest BCUT2D eigenvalue weighted by Crippen LogP contribution is 2.35. The number of fused-ring (bicyclic) bond motifs is 4. The van der Waals surface area contributed by atoms with Crippen LogP contribution < -0.4 is 10.9 Å². The summed E-state index contributed by atoms with van der Waals surface area (Å²) >= 11 is 6.24. The fraction of sp³-hybridized carbons (Fsp3) is 0.370. The monoisotopic (exact) mass is 509 g/mol. The molecule has 1 aliphatic carbocycles. The lowest BCUT2D eigenvalue weighted by molar-refractivity contribution is -0.131. The Kier molecular flexibility index (Phi) is 6.73. The standard InChI is InChI=1S/C27H28ClN3O5/c1-16-9-19(28)11-21(25(16)35-2)26(33)29-22(12-20-5-4-8-36-20)27(34)30-13-17-10-18(15-30)23-6-3-7-24(32)31(23)14-17/h3-9,11-12,16-18,25H,10,13-15H2,1-2H3,(H,29,33)/b22-12+. The van der Waals surface area contributed by atoms with Gasteiger partial charge in [0.15, 0.2) is 0 Å². The van der Waals surface area contributed by atoms with Crippen molar-refractivity contribution in [3.05, 3.63) is 86.9 Å². The molecule has 2 aromatic rings. The van der Waals surface area contributed by atoms with Gasteiger partial charge >= 0.3 is 0 Å². The smallest absolute Gasteiger partial charge is 0.270 e. The van der Waals surface area contributed by atoms with E-state index in [9.17, 15) is 14.4 Å². The first-order chi connectivity index (χ1) is 17.3. The van der Waals surface area contributed by atoms with Gasteiger partial charge < -0.3 is 23.9 Å². The minimum atomic E-state index is -0.489. The van der Waals surface area contributed by atoms with Crippen molar-refractivity contribution in [2.45, 2.75) is 31.9 Å². The third-order valence-corrected chi connectivity index (χ3v) is 7.33. The Morgan fingerprint density at radius 3 is 2.78 bits per heavy atom. The highest BCUT2D eigenvalue weighted by Gasteiger charge is 2.38. The Hall–Kier alpha value is -3.36. The molecule has 4 atom stereocenters. The predicted molar refractivity (Wildman–Crippen MR) is 135 cm³/mol. The van der Waals surface area contributed by atoms with Gasteiger partial charge in [-0.05, 0) is 36.6 Å². The van der Waals surface area contributed by atoms with Crippen molar-refractivity contribution >= 4 is 29.5 Å². The lowest BCUT2D eigenvalue weighted by Crippen LogP contribution is -2.51. The number of amides is 2. The van der Waals surface area contributed by atoms with Crippen LogP contribution >= 0.6 is 11.6 Å². The van der Waals surface area contributed by atoms with Crippen molar-refractivity contribution in [2.75, 3.05) is 20.2 Å². The molecule has 0 aromatic carbocycles. The predicted octanol–water partition coefficient (Wildman–Crippen LogP) is 3.26. The zero-order valence-electron chi connectivity index (χ0n) is 20.1. The number of pyridine rings is 1. The maximum Gasteiger partial charge on any atom is 0.270 e. The average molecular weight is 510 g/mol. The second-order valence-corrected chi connectivity index (χ2v) is 10.0. The molecule has 0 saturated carbocycles. The van der Waals surface area contributed by atoms with E-state index < -0.39 is 12.0 Å². The molecule has 0 spiro atoms. The summed E-state index contributed by atoms with van der Waals surface area (Å²) in [5.74, 6) is -0.211. The largest absolute Gasteiger partial charge is 0.465 e. The van der Waals surface area contributed by atoms with Crippen LogP contribution in [0.1, 0.15) is 30.7 Å². The third kappa shape index (κ3) is 4.70. The number of nitrogens with one attached hydrogen (secondary N) is 1. The summed E-state index contributed by atoms with van der Waals surface area (Å²) in [5.41, 5.74) is 1.39. The number of carbonyl (C=O) groups is 2. The molecule has 1 fully saturated rings. The SMILES string of the molecule is COC1C(C(=O)N/C(=C/c2ccco2)C(=O)N2CC3CC(C2)c2cccc(=O)n2C3)=CC(Cl)=CC1C. The van der Waals surface area contributed by atoms with Crippen LogP contribution in [-0.2, 0) is 20.9 Å². The number of rotatable bonds is 5. The van der Waals surface area contributed by atoms with Crippen LogP contribution in [0.25, 0.3) is 6.08 Å². The van der Waals surface area contributed by atoms with Gasteiger partial charge in [0, 0.05) is 67.0 Å². The number of aromatic nitrogens is 1. The Balaban J connectivity index is 1.42. The molecule has 188 valence electrons. The maximum absolute atomic E-state index is 13.8. The zero-order valence-corrected chi connectivity index (χ0v) is 20.9. The average Bonchev–Trinajstić information content (AvgIpc) is 3.36. The Labute approximate surface area is 213 Å². The van der Waals surface area contributed by atoms with Gasteiger partial charge in [0.05, 0.1) is 12.4 Å². The molecule has 0 radical (unpaired) electrons. The van der Waals surface area contributed by atoms with Gasteiger partial charge in [-0.25, -0.2) is 0 Å². The fourth-order valence-corrected chi connectivity index (χ4v) is 5.85. The maximum atomic E-state index is 13.8. The highest BCUT2D eigenvalue weighted by atomic mass is 35.5. The minimum absolute atomic E-state index is 0.0111. The number of carbonyl (C=O) groups excluding carboxylic acids is 2. The van der Waals surface area contributed by atoms with Crippen molar-refractivity contribution in [1.29, 1.82) is 0 Å². The highest BCUT2D eigenvalue weighted by molar-refractivity contribution is 6.31. The zero-order chi connectivity index (χ0) is 25.4. The topological polar surface area (TPSA) is 93.8 Å². The molecule has 2 aromatic heterocycles. The molecule has 2 bridgehead atoms. The summed E-state index contributed by atoms with van der Waals surface area (Å²) in [6, 6.07) is 8.72. The van der Waals surface area contributed by atoms with Crippen LogP contribution in [0.5, 0.6) is 0 Å². The number of halogens is 1. The van der Waals surface area contributed by atoms with Crippen molar-refractivity contribution in [1.82, 2.24) is 14.8 Å². The summed E-state index contributed by atoms with van der Waals surface area (Å²) in [5, 5.41) is 3.25.